The Morgan fingerprint density at radius 2 is 1.58 bits per heavy atom. The molecule has 0 radical (unpaired) electrons. The van der Waals surface area contributed by atoms with E-state index in [0.717, 1.165) is 0 Å². The van der Waals surface area contributed by atoms with Crippen molar-refractivity contribution in [1.29, 1.82) is 0 Å². The molecule has 0 saturated heterocycles. The van der Waals surface area contributed by atoms with Crippen LogP contribution in [0.5, 0.6) is 0 Å². The molecule has 1 aliphatic carbocycles. The molecule has 0 aromatic carbocycles. The predicted molar refractivity (Wildman–Crippen MR) is 51.5 cm³/mol. The molecule has 0 aliphatic heterocycles. The molecule has 1 nitrogen and oxygen atoms in total. The minimum Gasteiger partial charge on any atom is -0.349 e. The first kappa shape index (κ1) is 7.90. The summed E-state index contributed by atoms with van der Waals surface area (Å²) in [6, 6.07) is 0. The fourth-order valence-corrected chi connectivity index (χ4v) is 1.85. The van der Waals surface area contributed by atoms with Gasteiger partial charge in [0, 0.05) is 17.9 Å². The molecule has 1 heteroatoms. The number of aryl methyl sites for hydroxylation is 2. The van der Waals surface area contributed by atoms with Crippen LogP contribution in [0.25, 0.3) is 0 Å². The van der Waals surface area contributed by atoms with Gasteiger partial charge in [0.25, 0.3) is 0 Å². The summed E-state index contributed by atoms with van der Waals surface area (Å²) < 4.78 is 2.34. The molecule has 0 bridgehead atoms. The van der Waals surface area contributed by atoms with Gasteiger partial charge in [0.05, 0.1) is 0 Å². The van der Waals surface area contributed by atoms with Crippen LogP contribution in [0.1, 0.15) is 38.3 Å². The zero-order valence-corrected chi connectivity index (χ0v) is 8.22. The van der Waals surface area contributed by atoms with Gasteiger partial charge in [0.1, 0.15) is 0 Å². The van der Waals surface area contributed by atoms with Crippen molar-refractivity contribution in [1.82, 2.24) is 4.57 Å². The van der Waals surface area contributed by atoms with Gasteiger partial charge in [-0.2, -0.15) is 0 Å². The SMILES string of the molecule is CC(C)(C)n1cc2c(c1)CCC2. The molecule has 1 aromatic heterocycles. The lowest BCUT2D eigenvalue weighted by molar-refractivity contribution is 0.397. The lowest BCUT2D eigenvalue weighted by Gasteiger charge is -2.21. The van der Waals surface area contributed by atoms with Crippen molar-refractivity contribution < 1.29 is 0 Å². The number of hydrogen-bond acceptors (Lipinski definition) is 0. The molecule has 2 rings (SSSR count). The Labute approximate surface area is 74.4 Å². The van der Waals surface area contributed by atoms with Crippen LogP contribution in [0.15, 0.2) is 12.4 Å². The normalized spacial score (nSPS) is 16.6. The van der Waals surface area contributed by atoms with E-state index < -0.39 is 0 Å². The maximum absolute atomic E-state index is 2.34. The molecular formula is C11H17N. The highest BCUT2D eigenvalue weighted by Gasteiger charge is 2.18. The van der Waals surface area contributed by atoms with Crippen molar-refractivity contribution in [3.8, 4) is 0 Å². The van der Waals surface area contributed by atoms with Crippen LogP contribution in [0, 0.1) is 0 Å². The second-order valence-corrected chi connectivity index (χ2v) is 4.74. The van der Waals surface area contributed by atoms with Crippen LogP contribution in [-0.4, -0.2) is 4.57 Å². The predicted octanol–water partition coefficient (Wildman–Crippen LogP) is 2.73. The third-order valence-corrected chi connectivity index (χ3v) is 2.67. The summed E-state index contributed by atoms with van der Waals surface area (Å²) in [6.07, 6.45) is 8.58. The van der Waals surface area contributed by atoms with Gasteiger partial charge in [-0.1, -0.05) is 0 Å². The quantitative estimate of drug-likeness (QED) is 0.554. The van der Waals surface area contributed by atoms with Gasteiger partial charge in [-0.3, -0.25) is 0 Å². The minimum atomic E-state index is 0.254. The van der Waals surface area contributed by atoms with E-state index in [2.05, 4.69) is 37.7 Å². The van der Waals surface area contributed by atoms with Crippen molar-refractivity contribution >= 4 is 0 Å². The number of fused-ring (bicyclic) bond motifs is 1. The van der Waals surface area contributed by atoms with E-state index in [4.69, 9.17) is 0 Å². The maximum atomic E-state index is 2.34. The number of rotatable bonds is 0. The Kier molecular flexibility index (Phi) is 1.57. The van der Waals surface area contributed by atoms with Crippen LogP contribution < -0.4 is 0 Å². The topological polar surface area (TPSA) is 4.93 Å². The van der Waals surface area contributed by atoms with Gasteiger partial charge >= 0.3 is 0 Å². The van der Waals surface area contributed by atoms with Crippen LogP contribution in [0.2, 0.25) is 0 Å². The summed E-state index contributed by atoms with van der Waals surface area (Å²) in [7, 11) is 0. The van der Waals surface area contributed by atoms with Gasteiger partial charge < -0.3 is 4.57 Å². The first-order valence-corrected chi connectivity index (χ1v) is 4.77. The minimum absolute atomic E-state index is 0.254. The van der Waals surface area contributed by atoms with Gasteiger partial charge in [0.15, 0.2) is 0 Å². The Bertz CT molecular complexity index is 267. The van der Waals surface area contributed by atoms with Crippen LogP contribution in [-0.2, 0) is 18.4 Å². The third-order valence-electron chi connectivity index (χ3n) is 2.67. The summed E-state index contributed by atoms with van der Waals surface area (Å²) >= 11 is 0. The monoisotopic (exact) mass is 163 g/mol. The molecule has 1 aromatic rings. The highest BCUT2D eigenvalue weighted by Crippen LogP contribution is 2.26. The molecule has 1 aliphatic rings. The smallest absolute Gasteiger partial charge is 0.0355 e. The van der Waals surface area contributed by atoms with Gasteiger partial charge in [-0.05, 0) is 51.2 Å². The summed E-state index contributed by atoms with van der Waals surface area (Å²) in [6.45, 7) is 6.76. The van der Waals surface area contributed by atoms with Crippen LogP contribution >= 0.6 is 0 Å². The maximum Gasteiger partial charge on any atom is 0.0355 e. The summed E-state index contributed by atoms with van der Waals surface area (Å²) in [4.78, 5) is 0. The van der Waals surface area contributed by atoms with Gasteiger partial charge in [-0.25, -0.2) is 0 Å². The van der Waals surface area contributed by atoms with Crippen molar-refractivity contribution in [2.45, 2.75) is 45.6 Å². The second-order valence-electron chi connectivity index (χ2n) is 4.74. The molecule has 0 amide bonds. The third kappa shape index (κ3) is 1.17. The first-order chi connectivity index (χ1) is 5.57. The van der Waals surface area contributed by atoms with E-state index >= 15 is 0 Å². The Morgan fingerprint density at radius 3 is 2.00 bits per heavy atom. The molecule has 0 N–H and O–H groups in total. The Morgan fingerprint density at radius 1 is 1.08 bits per heavy atom. The molecule has 12 heavy (non-hydrogen) atoms. The number of hydrogen-bond donors (Lipinski definition) is 0. The first-order valence-electron chi connectivity index (χ1n) is 4.77. The summed E-state index contributed by atoms with van der Waals surface area (Å²) in [5.41, 5.74) is 3.40. The molecule has 1 heterocycles. The standard InChI is InChI=1S/C11H17N/c1-11(2,3)12-7-9-5-4-6-10(9)8-12/h7-8H,4-6H2,1-3H3. The molecule has 0 atom stereocenters. The molecule has 0 unspecified atom stereocenters. The largest absolute Gasteiger partial charge is 0.349 e. The fraction of sp³-hybridized carbons (Fsp3) is 0.636. The molecule has 66 valence electrons. The van der Waals surface area contributed by atoms with E-state index in [0.29, 0.717) is 0 Å². The van der Waals surface area contributed by atoms with Crippen molar-refractivity contribution in [3.05, 3.63) is 23.5 Å². The van der Waals surface area contributed by atoms with E-state index in [1.54, 1.807) is 11.1 Å². The van der Waals surface area contributed by atoms with E-state index in [1.807, 2.05) is 0 Å². The summed E-state index contributed by atoms with van der Waals surface area (Å²) in [5.74, 6) is 0. The zero-order valence-electron chi connectivity index (χ0n) is 8.22. The van der Waals surface area contributed by atoms with Crippen molar-refractivity contribution in [3.63, 3.8) is 0 Å². The lowest BCUT2D eigenvalue weighted by Crippen LogP contribution is -2.19. The second kappa shape index (κ2) is 2.38. The number of nitrogens with zero attached hydrogens (tertiary/aromatic N) is 1. The number of aromatic nitrogens is 1. The zero-order chi connectivity index (χ0) is 8.77. The molecular weight excluding hydrogens is 146 g/mol. The average molecular weight is 163 g/mol. The Balaban J connectivity index is 2.38. The fourth-order valence-electron chi connectivity index (χ4n) is 1.85. The molecule has 0 fully saturated rings. The summed E-state index contributed by atoms with van der Waals surface area (Å²) in [5, 5.41) is 0. The average Bonchev–Trinajstić information content (AvgIpc) is 2.37. The van der Waals surface area contributed by atoms with Crippen molar-refractivity contribution in [2.24, 2.45) is 0 Å². The van der Waals surface area contributed by atoms with E-state index in [9.17, 15) is 0 Å². The van der Waals surface area contributed by atoms with Gasteiger partial charge in [0.2, 0.25) is 0 Å². The highest BCUT2D eigenvalue weighted by molar-refractivity contribution is 5.29. The van der Waals surface area contributed by atoms with E-state index in [-0.39, 0.29) is 5.54 Å². The van der Waals surface area contributed by atoms with Crippen LogP contribution in [0.3, 0.4) is 0 Å². The van der Waals surface area contributed by atoms with Crippen LogP contribution in [0.4, 0.5) is 0 Å². The van der Waals surface area contributed by atoms with Crippen molar-refractivity contribution in [2.75, 3.05) is 0 Å². The van der Waals surface area contributed by atoms with Gasteiger partial charge in [-0.15, -0.1) is 0 Å². The Hall–Kier alpha value is -0.720. The highest BCUT2D eigenvalue weighted by atomic mass is 15.0. The van der Waals surface area contributed by atoms with E-state index in [1.165, 1.54) is 19.3 Å². The molecule has 0 saturated carbocycles. The molecule has 0 spiro atoms. The lowest BCUT2D eigenvalue weighted by atomic mass is 10.1.